The zero-order valence-electron chi connectivity index (χ0n) is 10.6. The molecule has 0 spiro atoms. The lowest BCUT2D eigenvalue weighted by Gasteiger charge is -2.17. The van der Waals surface area contributed by atoms with Crippen LogP contribution in [0.4, 0.5) is 13.2 Å². The Hall–Kier alpha value is -0.200. The van der Waals surface area contributed by atoms with Gasteiger partial charge in [0.05, 0.1) is 0 Å². The van der Waals surface area contributed by atoms with Crippen LogP contribution in [-0.2, 0) is 4.79 Å². The number of rotatable bonds is 7. The van der Waals surface area contributed by atoms with Gasteiger partial charge in [-0.15, -0.1) is 23.2 Å². The Bertz CT molecular complexity index is 246. The average Bonchev–Trinajstić information content (AvgIpc) is 2.24. The number of carbonyl (C=O) groups is 1. The Morgan fingerprint density at radius 3 is 1.89 bits per heavy atom. The molecule has 0 aromatic rings. The SMILES string of the molecule is CCCCCCC(Cl)(Cl)CCO.O=C(O)C(F)(F)F. The van der Waals surface area contributed by atoms with E-state index < -0.39 is 16.5 Å². The molecule has 0 radical (unpaired) electrons. The first-order chi connectivity index (χ1) is 8.56. The van der Waals surface area contributed by atoms with Crippen LogP contribution < -0.4 is 0 Å². The summed E-state index contributed by atoms with van der Waals surface area (Å²) in [6.45, 7) is 2.24. The van der Waals surface area contributed by atoms with Gasteiger partial charge in [-0.1, -0.05) is 32.6 Å². The number of alkyl halides is 5. The van der Waals surface area contributed by atoms with Crippen LogP contribution in [0.1, 0.15) is 45.4 Å². The summed E-state index contributed by atoms with van der Waals surface area (Å²) < 4.78 is 31.0. The third kappa shape index (κ3) is 15.7. The third-order valence-corrected chi connectivity index (χ3v) is 2.87. The Labute approximate surface area is 120 Å². The summed E-state index contributed by atoms with van der Waals surface area (Å²) in [5.41, 5.74) is 0. The van der Waals surface area contributed by atoms with E-state index >= 15 is 0 Å². The van der Waals surface area contributed by atoms with Gasteiger partial charge in [-0.05, 0) is 6.42 Å². The highest BCUT2D eigenvalue weighted by atomic mass is 35.5. The molecule has 0 fully saturated rings. The first kappa shape index (κ1) is 21.1. The number of halogens is 5. The fourth-order valence-corrected chi connectivity index (χ4v) is 1.54. The average molecular weight is 327 g/mol. The molecule has 0 saturated carbocycles. The standard InChI is InChI=1S/C9H18Cl2O.C2HF3O2/c1-2-3-4-5-6-9(10,11)7-8-12;3-2(4,5)1(6)7/h12H,2-8H2,1H3;(H,6,7). The molecule has 0 rings (SSSR count). The number of aliphatic hydroxyl groups is 1. The molecule has 19 heavy (non-hydrogen) atoms. The Balaban J connectivity index is 0. The van der Waals surface area contributed by atoms with E-state index in [1.54, 1.807) is 0 Å². The smallest absolute Gasteiger partial charge is 0.475 e. The molecule has 0 aliphatic carbocycles. The van der Waals surface area contributed by atoms with Crippen molar-refractivity contribution in [2.75, 3.05) is 6.61 Å². The van der Waals surface area contributed by atoms with Crippen molar-refractivity contribution in [2.24, 2.45) is 0 Å². The number of aliphatic carboxylic acids is 1. The monoisotopic (exact) mass is 326 g/mol. The zero-order chi connectivity index (χ0) is 15.5. The maximum absolute atomic E-state index is 10.6. The van der Waals surface area contributed by atoms with E-state index in [2.05, 4.69) is 6.92 Å². The van der Waals surface area contributed by atoms with E-state index in [-0.39, 0.29) is 6.61 Å². The molecular formula is C11H19Cl2F3O3. The van der Waals surface area contributed by atoms with E-state index in [4.69, 9.17) is 38.2 Å². The lowest BCUT2D eigenvalue weighted by molar-refractivity contribution is -0.192. The molecule has 0 aliphatic rings. The maximum atomic E-state index is 10.6. The van der Waals surface area contributed by atoms with E-state index in [1.807, 2.05) is 0 Å². The van der Waals surface area contributed by atoms with E-state index in [9.17, 15) is 13.2 Å². The molecule has 0 aromatic heterocycles. The summed E-state index contributed by atoms with van der Waals surface area (Å²) in [7, 11) is 0. The molecule has 0 bridgehead atoms. The van der Waals surface area contributed by atoms with Crippen LogP contribution in [0.15, 0.2) is 0 Å². The lowest BCUT2D eigenvalue weighted by Crippen LogP contribution is -2.21. The quantitative estimate of drug-likeness (QED) is 0.546. The summed E-state index contributed by atoms with van der Waals surface area (Å²) in [4.78, 5) is 8.90. The summed E-state index contributed by atoms with van der Waals surface area (Å²) in [6, 6.07) is 0. The van der Waals surface area contributed by atoms with Gasteiger partial charge in [0.1, 0.15) is 4.33 Å². The second-order valence-electron chi connectivity index (χ2n) is 3.94. The Morgan fingerprint density at radius 1 is 1.11 bits per heavy atom. The normalized spacial score (nSPS) is 11.7. The minimum atomic E-state index is -5.08. The van der Waals surface area contributed by atoms with Crippen molar-refractivity contribution in [3.05, 3.63) is 0 Å². The molecule has 2 N–H and O–H groups in total. The van der Waals surface area contributed by atoms with E-state index in [1.165, 1.54) is 19.3 Å². The first-order valence-electron chi connectivity index (χ1n) is 5.85. The summed E-state index contributed by atoms with van der Waals surface area (Å²) in [5.74, 6) is -2.76. The highest BCUT2D eigenvalue weighted by Gasteiger charge is 2.38. The number of aliphatic hydroxyl groups excluding tert-OH is 1. The molecule has 0 aromatic carbocycles. The summed E-state index contributed by atoms with van der Waals surface area (Å²) in [5, 5.41) is 15.8. The summed E-state index contributed by atoms with van der Waals surface area (Å²) in [6.07, 6.45) is 0.878. The van der Waals surface area contributed by atoms with Gasteiger partial charge in [-0.25, -0.2) is 4.79 Å². The highest BCUT2D eigenvalue weighted by Crippen LogP contribution is 2.31. The van der Waals surface area contributed by atoms with Crippen LogP contribution in [0.5, 0.6) is 0 Å². The van der Waals surface area contributed by atoms with Crippen LogP contribution >= 0.6 is 23.2 Å². The summed E-state index contributed by atoms with van der Waals surface area (Å²) >= 11 is 11.8. The van der Waals surface area contributed by atoms with Gasteiger partial charge in [0.25, 0.3) is 0 Å². The molecule has 0 aliphatic heterocycles. The molecule has 0 unspecified atom stereocenters. The molecule has 0 amide bonds. The molecule has 116 valence electrons. The minimum absolute atomic E-state index is 0.0702. The highest BCUT2D eigenvalue weighted by molar-refractivity contribution is 6.48. The Kier molecular flexibility index (Phi) is 11.7. The van der Waals surface area contributed by atoms with Crippen molar-refractivity contribution in [2.45, 2.75) is 56.0 Å². The second kappa shape index (κ2) is 10.6. The second-order valence-corrected chi connectivity index (χ2v) is 5.58. The van der Waals surface area contributed by atoms with Crippen LogP contribution in [0.25, 0.3) is 0 Å². The number of hydrogen-bond donors (Lipinski definition) is 2. The van der Waals surface area contributed by atoms with Gasteiger partial charge < -0.3 is 10.2 Å². The fourth-order valence-electron chi connectivity index (χ4n) is 1.10. The number of carboxylic acids is 1. The van der Waals surface area contributed by atoms with Gasteiger partial charge in [0.2, 0.25) is 0 Å². The number of hydrogen-bond acceptors (Lipinski definition) is 2. The maximum Gasteiger partial charge on any atom is 0.490 e. The van der Waals surface area contributed by atoms with Crippen molar-refractivity contribution in [1.82, 2.24) is 0 Å². The number of carboxylic acid groups (broad SMARTS) is 1. The van der Waals surface area contributed by atoms with Crippen molar-refractivity contribution < 1.29 is 28.2 Å². The molecule has 3 nitrogen and oxygen atoms in total. The molecular weight excluding hydrogens is 308 g/mol. The van der Waals surface area contributed by atoms with Crippen LogP contribution in [0, 0.1) is 0 Å². The van der Waals surface area contributed by atoms with Gasteiger partial charge in [-0.2, -0.15) is 13.2 Å². The predicted molar refractivity (Wildman–Crippen MR) is 68.6 cm³/mol. The van der Waals surface area contributed by atoms with Crippen molar-refractivity contribution in [3.63, 3.8) is 0 Å². The molecule has 0 heterocycles. The van der Waals surface area contributed by atoms with Gasteiger partial charge in [0, 0.05) is 13.0 Å². The van der Waals surface area contributed by atoms with Crippen LogP contribution in [-0.4, -0.2) is 33.3 Å². The van der Waals surface area contributed by atoms with Crippen LogP contribution in [0.3, 0.4) is 0 Å². The van der Waals surface area contributed by atoms with Crippen molar-refractivity contribution in [3.8, 4) is 0 Å². The topological polar surface area (TPSA) is 57.5 Å². The van der Waals surface area contributed by atoms with E-state index in [0.717, 1.165) is 12.8 Å². The molecule has 0 atom stereocenters. The zero-order valence-corrected chi connectivity index (χ0v) is 12.2. The molecule has 8 heteroatoms. The predicted octanol–water partition coefficient (Wildman–Crippen LogP) is 4.15. The van der Waals surface area contributed by atoms with Crippen molar-refractivity contribution >= 4 is 29.2 Å². The number of unbranched alkanes of at least 4 members (excludes halogenated alkanes) is 3. The van der Waals surface area contributed by atoms with Gasteiger partial charge in [0.15, 0.2) is 0 Å². The largest absolute Gasteiger partial charge is 0.490 e. The van der Waals surface area contributed by atoms with Gasteiger partial charge in [-0.3, -0.25) is 0 Å². The van der Waals surface area contributed by atoms with E-state index in [0.29, 0.717) is 6.42 Å². The minimum Gasteiger partial charge on any atom is -0.475 e. The first-order valence-corrected chi connectivity index (χ1v) is 6.61. The molecule has 0 saturated heterocycles. The Morgan fingerprint density at radius 2 is 1.58 bits per heavy atom. The lowest BCUT2D eigenvalue weighted by atomic mass is 10.1. The van der Waals surface area contributed by atoms with Crippen molar-refractivity contribution in [1.29, 1.82) is 0 Å². The third-order valence-electron chi connectivity index (χ3n) is 2.12. The van der Waals surface area contributed by atoms with Crippen LogP contribution in [0.2, 0.25) is 0 Å². The fraction of sp³-hybridized carbons (Fsp3) is 0.909. The van der Waals surface area contributed by atoms with Gasteiger partial charge >= 0.3 is 12.1 Å².